The topological polar surface area (TPSA) is 88.2 Å². The van der Waals surface area contributed by atoms with Crippen LogP contribution in [0.25, 0.3) is 0 Å². The van der Waals surface area contributed by atoms with Crippen LogP contribution < -0.4 is 15.1 Å². The Morgan fingerprint density at radius 2 is 1.51 bits per heavy atom. The Hall–Kier alpha value is -4.17. The molecule has 2 amide bonds. The molecule has 1 heterocycles. The van der Waals surface area contributed by atoms with Gasteiger partial charge in [-0.05, 0) is 48.5 Å². The number of rotatable bonds is 7. The lowest BCUT2D eigenvalue weighted by Crippen LogP contribution is -2.36. The summed E-state index contributed by atoms with van der Waals surface area (Å²) in [6, 6.07) is 23.0. The summed E-state index contributed by atoms with van der Waals surface area (Å²) in [5.41, 5.74) is 2.65. The Morgan fingerprint density at radius 3 is 2.20 bits per heavy atom. The third kappa shape index (κ3) is 6.04. The van der Waals surface area contributed by atoms with E-state index in [9.17, 15) is 14.4 Å². The molecule has 1 saturated heterocycles. The summed E-state index contributed by atoms with van der Waals surface area (Å²) in [5.74, 6) is -1.57. The SMILES string of the molecule is CN(C(=O)c1ccccc1C(=O)OCC(=O)Nc1ccc(N2CCOCC2)cc1)c1ccccc1. The maximum Gasteiger partial charge on any atom is 0.339 e. The molecular weight excluding hydrogens is 446 g/mol. The standard InChI is InChI=1S/C27H27N3O5/c1-29(21-7-3-2-4-8-21)26(32)23-9-5-6-10-24(23)27(33)35-19-25(31)28-20-11-13-22(14-12-20)30-15-17-34-18-16-30/h2-14H,15-19H2,1H3,(H,28,31). The fourth-order valence-corrected chi connectivity index (χ4v) is 3.78. The summed E-state index contributed by atoms with van der Waals surface area (Å²) in [5, 5.41) is 2.72. The lowest BCUT2D eigenvalue weighted by molar-refractivity contribution is -0.119. The van der Waals surface area contributed by atoms with Crippen LogP contribution in [0, 0.1) is 0 Å². The lowest BCUT2D eigenvalue weighted by Gasteiger charge is -2.28. The van der Waals surface area contributed by atoms with E-state index in [1.54, 1.807) is 49.5 Å². The highest BCUT2D eigenvalue weighted by molar-refractivity contribution is 6.12. The number of esters is 1. The van der Waals surface area contributed by atoms with Crippen molar-refractivity contribution in [1.29, 1.82) is 0 Å². The molecule has 0 atom stereocenters. The third-order valence-electron chi connectivity index (χ3n) is 5.69. The van der Waals surface area contributed by atoms with Gasteiger partial charge in [0.2, 0.25) is 0 Å². The van der Waals surface area contributed by atoms with Crippen molar-refractivity contribution < 1.29 is 23.9 Å². The van der Waals surface area contributed by atoms with Gasteiger partial charge < -0.3 is 24.6 Å². The maximum absolute atomic E-state index is 13.0. The molecule has 4 rings (SSSR count). The van der Waals surface area contributed by atoms with E-state index < -0.39 is 18.5 Å². The first-order valence-electron chi connectivity index (χ1n) is 11.3. The molecule has 3 aromatic carbocycles. The van der Waals surface area contributed by atoms with E-state index in [1.165, 1.54) is 11.0 Å². The van der Waals surface area contributed by atoms with Crippen LogP contribution in [-0.4, -0.2) is 57.7 Å². The third-order valence-corrected chi connectivity index (χ3v) is 5.69. The van der Waals surface area contributed by atoms with E-state index >= 15 is 0 Å². The van der Waals surface area contributed by atoms with Gasteiger partial charge in [-0.15, -0.1) is 0 Å². The van der Waals surface area contributed by atoms with E-state index in [2.05, 4.69) is 10.2 Å². The van der Waals surface area contributed by atoms with Crippen LogP contribution in [0.2, 0.25) is 0 Å². The lowest BCUT2D eigenvalue weighted by atomic mass is 10.1. The van der Waals surface area contributed by atoms with Gasteiger partial charge in [-0.25, -0.2) is 4.79 Å². The van der Waals surface area contributed by atoms with Gasteiger partial charge in [0.15, 0.2) is 6.61 Å². The van der Waals surface area contributed by atoms with Crippen molar-refractivity contribution in [2.45, 2.75) is 0 Å². The van der Waals surface area contributed by atoms with Gasteiger partial charge in [0, 0.05) is 37.2 Å². The van der Waals surface area contributed by atoms with Crippen molar-refractivity contribution in [3.63, 3.8) is 0 Å². The summed E-state index contributed by atoms with van der Waals surface area (Å²) in [4.78, 5) is 41.8. The Bertz CT molecular complexity index is 1170. The molecule has 0 unspecified atom stereocenters. The average Bonchev–Trinajstić information content (AvgIpc) is 2.92. The van der Waals surface area contributed by atoms with Crippen molar-refractivity contribution in [1.82, 2.24) is 0 Å². The first-order chi connectivity index (χ1) is 17.0. The predicted molar refractivity (Wildman–Crippen MR) is 134 cm³/mol. The second kappa shape index (κ2) is 11.3. The van der Waals surface area contributed by atoms with E-state index in [0.717, 1.165) is 18.8 Å². The summed E-state index contributed by atoms with van der Waals surface area (Å²) in [7, 11) is 1.64. The molecule has 0 aliphatic carbocycles. The van der Waals surface area contributed by atoms with Crippen LogP contribution in [0.3, 0.4) is 0 Å². The number of amides is 2. The number of benzene rings is 3. The molecule has 0 aromatic heterocycles. The maximum atomic E-state index is 13.0. The summed E-state index contributed by atoms with van der Waals surface area (Å²) < 4.78 is 10.6. The van der Waals surface area contributed by atoms with Crippen molar-refractivity contribution in [2.24, 2.45) is 0 Å². The minimum atomic E-state index is -0.742. The fourth-order valence-electron chi connectivity index (χ4n) is 3.78. The Labute approximate surface area is 204 Å². The number of nitrogens with one attached hydrogen (secondary N) is 1. The number of carbonyl (C=O) groups excluding carboxylic acids is 3. The molecule has 1 aliphatic rings. The minimum Gasteiger partial charge on any atom is -0.452 e. The molecule has 8 nitrogen and oxygen atoms in total. The largest absolute Gasteiger partial charge is 0.452 e. The molecule has 0 bridgehead atoms. The second-order valence-corrected chi connectivity index (χ2v) is 8.02. The molecule has 3 aromatic rings. The Balaban J connectivity index is 1.34. The zero-order valence-corrected chi connectivity index (χ0v) is 19.5. The number of nitrogens with zero attached hydrogens (tertiary/aromatic N) is 2. The van der Waals surface area contributed by atoms with E-state index in [0.29, 0.717) is 24.6 Å². The van der Waals surface area contributed by atoms with Crippen LogP contribution in [0.5, 0.6) is 0 Å². The summed E-state index contributed by atoms with van der Waals surface area (Å²) in [6.45, 7) is 2.57. The van der Waals surface area contributed by atoms with Gasteiger partial charge in [0.25, 0.3) is 11.8 Å². The van der Waals surface area contributed by atoms with Gasteiger partial charge in [-0.3, -0.25) is 9.59 Å². The normalized spacial score (nSPS) is 13.1. The van der Waals surface area contributed by atoms with Gasteiger partial charge in [-0.2, -0.15) is 0 Å². The molecule has 0 radical (unpaired) electrons. The minimum absolute atomic E-state index is 0.0999. The predicted octanol–water partition coefficient (Wildman–Crippen LogP) is 3.60. The zero-order valence-electron chi connectivity index (χ0n) is 19.5. The smallest absolute Gasteiger partial charge is 0.339 e. The number of hydrogen-bond acceptors (Lipinski definition) is 6. The molecular formula is C27H27N3O5. The highest BCUT2D eigenvalue weighted by Gasteiger charge is 2.22. The van der Waals surface area contributed by atoms with Crippen LogP contribution in [0.15, 0.2) is 78.9 Å². The average molecular weight is 474 g/mol. The Kier molecular flexibility index (Phi) is 7.74. The van der Waals surface area contributed by atoms with Gasteiger partial charge in [0.1, 0.15) is 0 Å². The molecule has 1 N–H and O–H groups in total. The molecule has 180 valence electrons. The molecule has 8 heteroatoms. The molecule has 0 saturated carbocycles. The monoisotopic (exact) mass is 473 g/mol. The fraction of sp³-hybridized carbons (Fsp3) is 0.222. The molecule has 1 aliphatic heterocycles. The first kappa shape index (κ1) is 24.0. The number of para-hydroxylation sites is 1. The van der Waals surface area contributed by atoms with Crippen LogP contribution in [0.4, 0.5) is 17.1 Å². The van der Waals surface area contributed by atoms with E-state index in [-0.39, 0.29) is 17.0 Å². The van der Waals surface area contributed by atoms with Crippen LogP contribution in [-0.2, 0) is 14.3 Å². The second-order valence-electron chi connectivity index (χ2n) is 8.02. The summed E-state index contributed by atoms with van der Waals surface area (Å²) in [6.07, 6.45) is 0. The molecule has 0 spiro atoms. The summed E-state index contributed by atoms with van der Waals surface area (Å²) >= 11 is 0. The Morgan fingerprint density at radius 1 is 0.886 bits per heavy atom. The highest BCUT2D eigenvalue weighted by atomic mass is 16.5. The van der Waals surface area contributed by atoms with E-state index in [4.69, 9.17) is 9.47 Å². The van der Waals surface area contributed by atoms with Crippen LogP contribution >= 0.6 is 0 Å². The highest BCUT2D eigenvalue weighted by Crippen LogP contribution is 2.20. The quantitative estimate of drug-likeness (QED) is 0.528. The number of anilines is 3. The van der Waals surface area contributed by atoms with Gasteiger partial charge in [-0.1, -0.05) is 30.3 Å². The van der Waals surface area contributed by atoms with Crippen LogP contribution in [0.1, 0.15) is 20.7 Å². The number of carbonyl (C=O) groups is 3. The van der Waals surface area contributed by atoms with Crippen molar-refractivity contribution in [2.75, 3.05) is 55.1 Å². The van der Waals surface area contributed by atoms with E-state index in [1.807, 2.05) is 30.3 Å². The van der Waals surface area contributed by atoms with Gasteiger partial charge >= 0.3 is 5.97 Å². The molecule has 1 fully saturated rings. The first-order valence-corrected chi connectivity index (χ1v) is 11.3. The molecule has 35 heavy (non-hydrogen) atoms. The number of ether oxygens (including phenoxy) is 2. The van der Waals surface area contributed by atoms with Crippen molar-refractivity contribution in [3.05, 3.63) is 90.0 Å². The van der Waals surface area contributed by atoms with Crippen molar-refractivity contribution >= 4 is 34.8 Å². The zero-order chi connectivity index (χ0) is 24.6. The van der Waals surface area contributed by atoms with Crippen molar-refractivity contribution in [3.8, 4) is 0 Å². The van der Waals surface area contributed by atoms with Gasteiger partial charge in [0.05, 0.1) is 24.3 Å². The number of hydrogen-bond donors (Lipinski definition) is 1. The number of morpholine rings is 1.